The summed E-state index contributed by atoms with van der Waals surface area (Å²) >= 11 is 0. The van der Waals surface area contributed by atoms with Gasteiger partial charge in [-0.25, -0.2) is 9.38 Å². The lowest BCUT2D eigenvalue weighted by Gasteiger charge is -2.39. The maximum atomic E-state index is 14.7. The minimum atomic E-state index is -0.275. The average Bonchev–Trinajstić information content (AvgIpc) is 2.91. The van der Waals surface area contributed by atoms with E-state index in [4.69, 9.17) is 4.99 Å². The molecule has 2 heterocycles. The highest BCUT2D eigenvalue weighted by molar-refractivity contribution is 5.96. The van der Waals surface area contributed by atoms with Crippen molar-refractivity contribution in [1.29, 1.82) is 0 Å². The highest BCUT2D eigenvalue weighted by Gasteiger charge is 2.28. The van der Waals surface area contributed by atoms with E-state index in [1.54, 1.807) is 18.2 Å². The van der Waals surface area contributed by atoms with Gasteiger partial charge in [-0.15, -0.1) is 0 Å². The summed E-state index contributed by atoms with van der Waals surface area (Å²) in [5, 5.41) is 0. The predicted molar refractivity (Wildman–Crippen MR) is 191 cm³/mol. The number of nitrogens with zero attached hydrogens (tertiary/aromatic N) is 4. The van der Waals surface area contributed by atoms with Crippen LogP contribution >= 0.6 is 0 Å². The Kier molecular flexibility index (Phi) is 13.7. The van der Waals surface area contributed by atoms with E-state index >= 15 is 0 Å². The molecule has 44 heavy (non-hydrogen) atoms. The first-order valence-electron chi connectivity index (χ1n) is 16.7. The molecule has 4 nitrogen and oxygen atoms in total. The fourth-order valence-corrected chi connectivity index (χ4v) is 5.11. The van der Waals surface area contributed by atoms with E-state index in [9.17, 15) is 4.39 Å². The maximum Gasteiger partial charge on any atom is 0.142 e. The Morgan fingerprint density at radius 2 is 1.70 bits per heavy atom. The summed E-state index contributed by atoms with van der Waals surface area (Å²) in [4.78, 5) is 12.0. The fourth-order valence-electron chi connectivity index (χ4n) is 5.11. The quantitative estimate of drug-likeness (QED) is 0.279. The third kappa shape index (κ3) is 11.4. The summed E-state index contributed by atoms with van der Waals surface area (Å²) in [6, 6.07) is 6.81. The minimum Gasteiger partial charge on any atom is -0.335 e. The molecule has 0 spiro atoms. The molecule has 0 aliphatic carbocycles. The van der Waals surface area contributed by atoms with Gasteiger partial charge >= 0.3 is 0 Å². The van der Waals surface area contributed by atoms with Crippen molar-refractivity contribution in [2.45, 2.75) is 101 Å². The molecule has 0 unspecified atom stereocenters. The Labute approximate surface area is 270 Å². The summed E-state index contributed by atoms with van der Waals surface area (Å²) in [6.07, 6.45) is 11.6. The van der Waals surface area contributed by atoms with E-state index in [1.165, 1.54) is 44.8 Å². The highest BCUT2D eigenvalue weighted by atomic mass is 19.1. The zero-order valence-electron chi connectivity index (χ0n) is 30.1. The number of hydrogen-bond donors (Lipinski definition) is 0. The highest BCUT2D eigenvalue weighted by Crippen LogP contribution is 2.36. The summed E-state index contributed by atoms with van der Waals surface area (Å²) in [6.45, 7) is 35.5. The number of benzene rings is 1. The number of unbranched alkanes of at least 4 members (excludes halogenated alkanes) is 1. The molecule has 1 aromatic carbocycles. The van der Waals surface area contributed by atoms with Crippen LogP contribution in [0.15, 0.2) is 72.3 Å². The summed E-state index contributed by atoms with van der Waals surface area (Å²) in [5.74, 6) is 1.83. The van der Waals surface area contributed by atoms with Gasteiger partial charge in [0.1, 0.15) is 17.5 Å². The van der Waals surface area contributed by atoms with Gasteiger partial charge in [-0.05, 0) is 73.1 Å². The first-order valence-corrected chi connectivity index (χ1v) is 16.7. The van der Waals surface area contributed by atoms with Crippen molar-refractivity contribution in [1.82, 2.24) is 14.7 Å². The summed E-state index contributed by atoms with van der Waals surface area (Å²) in [7, 11) is 1.94. The molecular formula is C39H63FN4. The molecule has 2 aliphatic rings. The second-order valence-corrected chi connectivity index (χ2v) is 15.9. The van der Waals surface area contributed by atoms with Gasteiger partial charge in [0.2, 0.25) is 0 Å². The van der Waals surface area contributed by atoms with E-state index in [0.29, 0.717) is 33.7 Å². The zero-order valence-corrected chi connectivity index (χ0v) is 30.1. The molecule has 0 amide bonds. The number of piperidine rings is 1. The van der Waals surface area contributed by atoms with Gasteiger partial charge in [-0.1, -0.05) is 113 Å². The van der Waals surface area contributed by atoms with Crippen LogP contribution in [-0.2, 0) is 0 Å². The van der Waals surface area contributed by atoms with Crippen molar-refractivity contribution in [3.05, 3.63) is 78.7 Å². The summed E-state index contributed by atoms with van der Waals surface area (Å²) < 4.78 is 14.7. The van der Waals surface area contributed by atoms with Gasteiger partial charge in [0.25, 0.3) is 0 Å². The van der Waals surface area contributed by atoms with Gasteiger partial charge in [0, 0.05) is 43.2 Å². The molecule has 1 fully saturated rings. The van der Waals surface area contributed by atoms with Gasteiger partial charge in [0.15, 0.2) is 0 Å². The molecular weight excluding hydrogens is 543 g/mol. The molecule has 1 saturated heterocycles. The largest absolute Gasteiger partial charge is 0.335 e. The minimum absolute atomic E-state index is 0.114. The molecule has 0 bridgehead atoms. The number of rotatable bonds is 9. The van der Waals surface area contributed by atoms with Crippen LogP contribution in [-0.4, -0.2) is 53.8 Å². The Morgan fingerprint density at radius 3 is 2.25 bits per heavy atom. The number of aliphatic imine (C=N–C) groups is 1. The SMILES string of the molecule is C=C/C(=C1/N=C(N(C[C@H]2CCCN(CCCC)C2)C(=C)CC(C)(C)C)C=CN1C)c1ccccc1F.CC(C)(C)C(C)(C)C. The van der Waals surface area contributed by atoms with Crippen molar-refractivity contribution in [2.75, 3.05) is 33.2 Å². The lowest BCUT2D eigenvalue weighted by atomic mass is 9.71. The topological polar surface area (TPSA) is 22.1 Å². The van der Waals surface area contributed by atoms with Gasteiger partial charge in [-0.2, -0.15) is 0 Å². The molecule has 1 aromatic rings. The Balaban J connectivity index is 0.000000742. The third-order valence-electron chi connectivity index (χ3n) is 9.13. The van der Waals surface area contributed by atoms with Crippen LogP contribution in [0.3, 0.4) is 0 Å². The van der Waals surface area contributed by atoms with Crippen LogP contribution < -0.4 is 0 Å². The smallest absolute Gasteiger partial charge is 0.142 e. The molecule has 2 aliphatic heterocycles. The monoisotopic (exact) mass is 607 g/mol. The van der Waals surface area contributed by atoms with Crippen molar-refractivity contribution >= 4 is 11.4 Å². The molecule has 246 valence electrons. The van der Waals surface area contributed by atoms with Crippen molar-refractivity contribution in [3.63, 3.8) is 0 Å². The number of likely N-dealkylation sites (tertiary alicyclic amines) is 1. The molecule has 3 rings (SSSR count). The van der Waals surface area contributed by atoms with Crippen molar-refractivity contribution in [2.24, 2.45) is 27.2 Å². The fraction of sp³-hybridized carbons (Fsp3) is 0.615. The van der Waals surface area contributed by atoms with Crippen LogP contribution in [0.5, 0.6) is 0 Å². The average molecular weight is 607 g/mol. The van der Waals surface area contributed by atoms with Gasteiger partial charge < -0.3 is 14.7 Å². The zero-order chi connectivity index (χ0) is 33.3. The molecule has 1 atom stereocenters. The maximum absolute atomic E-state index is 14.7. The van der Waals surface area contributed by atoms with Crippen molar-refractivity contribution in [3.8, 4) is 0 Å². The van der Waals surface area contributed by atoms with E-state index < -0.39 is 0 Å². The van der Waals surface area contributed by atoms with Crippen molar-refractivity contribution < 1.29 is 4.39 Å². The number of amidine groups is 1. The number of allylic oxidation sites excluding steroid dienone is 3. The summed E-state index contributed by atoms with van der Waals surface area (Å²) in [5.41, 5.74) is 3.25. The second-order valence-electron chi connectivity index (χ2n) is 15.9. The Bertz CT molecular complexity index is 1170. The lowest BCUT2D eigenvalue weighted by molar-refractivity contribution is 0.157. The molecule has 0 aromatic heterocycles. The lowest BCUT2D eigenvalue weighted by Crippen LogP contribution is -2.43. The van der Waals surface area contributed by atoms with Crippen LogP contribution in [0.25, 0.3) is 5.57 Å². The van der Waals surface area contributed by atoms with Crippen LogP contribution in [0.1, 0.15) is 107 Å². The predicted octanol–water partition coefficient (Wildman–Crippen LogP) is 10.4. The molecule has 5 heteroatoms. The number of hydrogen-bond acceptors (Lipinski definition) is 4. The van der Waals surface area contributed by atoms with E-state index in [-0.39, 0.29) is 11.2 Å². The van der Waals surface area contributed by atoms with E-state index in [1.807, 2.05) is 24.2 Å². The molecule has 0 saturated carbocycles. The molecule has 0 N–H and O–H groups in total. The van der Waals surface area contributed by atoms with Crippen LogP contribution in [0.2, 0.25) is 0 Å². The first-order chi connectivity index (χ1) is 20.4. The Morgan fingerprint density at radius 1 is 1.07 bits per heavy atom. The second kappa shape index (κ2) is 16.1. The number of halogens is 1. The standard InChI is InChI=1S/C31H45FN4.C8H18/c1-8-10-18-35-19-13-14-25(22-35)23-36(24(3)21-31(4,5)6)29-17-20-34(7)30(33-29)26(9-2)27-15-11-12-16-28(27)32;1-7(2,3)8(4,5)6/h9,11-12,15-17,20,25H,2-3,8,10,13-14,18-19,21-23H2,1,4-7H3;1-6H3/b30-26+;/t25-;/m0./s1. The van der Waals surface area contributed by atoms with Crippen LogP contribution in [0, 0.1) is 28.0 Å². The van der Waals surface area contributed by atoms with Gasteiger partial charge in [0.05, 0.1) is 0 Å². The third-order valence-corrected chi connectivity index (χ3v) is 9.13. The van der Waals surface area contributed by atoms with Gasteiger partial charge in [-0.3, -0.25) is 0 Å². The van der Waals surface area contributed by atoms with E-state index in [2.05, 4.69) is 98.3 Å². The first kappa shape index (κ1) is 37.5. The van der Waals surface area contributed by atoms with Crippen LogP contribution in [0.4, 0.5) is 4.39 Å². The Hall–Kier alpha value is -2.66. The molecule has 0 radical (unpaired) electrons. The van der Waals surface area contributed by atoms with E-state index in [0.717, 1.165) is 31.0 Å². The normalized spacial score (nSPS) is 19.1.